The number of ether oxygens (including phenoxy) is 2. The van der Waals surface area contributed by atoms with Crippen LogP contribution in [0.15, 0.2) is 21.9 Å². The standard InChI is InChI=1S/C11H12BrF3O4/c1-4-8(12)9(11(13,14)15)7(10(17)18-3)5-19-6(2)16/h5H,4H2,1-3H3/b7-5+,9-8-. The molecule has 0 aromatic rings. The first-order valence-electron chi connectivity index (χ1n) is 5.07. The molecule has 0 aromatic carbocycles. The molecule has 0 amide bonds. The monoisotopic (exact) mass is 344 g/mol. The van der Waals surface area contributed by atoms with Crippen LogP contribution in [0.5, 0.6) is 0 Å². The summed E-state index contributed by atoms with van der Waals surface area (Å²) in [6.07, 6.45) is -4.35. The molecular weight excluding hydrogens is 333 g/mol. The molecule has 0 fully saturated rings. The van der Waals surface area contributed by atoms with E-state index in [-0.39, 0.29) is 10.9 Å². The predicted molar refractivity (Wildman–Crippen MR) is 64.2 cm³/mol. The van der Waals surface area contributed by atoms with Gasteiger partial charge in [-0.05, 0) is 6.42 Å². The van der Waals surface area contributed by atoms with E-state index in [2.05, 4.69) is 25.4 Å². The number of carbonyl (C=O) groups excluding carboxylic acids is 2. The van der Waals surface area contributed by atoms with Gasteiger partial charge in [0.25, 0.3) is 0 Å². The lowest BCUT2D eigenvalue weighted by molar-refractivity contribution is -0.138. The highest BCUT2D eigenvalue weighted by atomic mass is 79.9. The van der Waals surface area contributed by atoms with Crippen LogP contribution in [0.3, 0.4) is 0 Å². The molecule has 19 heavy (non-hydrogen) atoms. The molecule has 0 saturated carbocycles. The summed E-state index contributed by atoms with van der Waals surface area (Å²) in [5.74, 6) is -2.10. The van der Waals surface area contributed by atoms with Crippen LogP contribution in [0.25, 0.3) is 0 Å². The molecule has 0 aliphatic rings. The Hall–Kier alpha value is -1.31. The molecule has 0 heterocycles. The lowest BCUT2D eigenvalue weighted by Crippen LogP contribution is -2.21. The second kappa shape index (κ2) is 7.32. The second-order valence-corrected chi connectivity index (χ2v) is 4.22. The number of hydrogen-bond donors (Lipinski definition) is 0. The van der Waals surface area contributed by atoms with Crippen molar-refractivity contribution in [2.45, 2.75) is 26.4 Å². The molecule has 0 bridgehead atoms. The zero-order valence-electron chi connectivity index (χ0n) is 10.4. The first kappa shape index (κ1) is 17.7. The van der Waals surface area contributed by atoms with E-state index in [0.717, 1.165) is 14.0 Å². The highest BCUT2D eigenvalue weighted by molar-refractivity contribution is 9.11. The van der Waals surface area contributed by atoms with Gasteiger partial charge >= 0.3 is 18.1 Å². The predicted octanol–water partition coefficient (Wildman–Crippen LogP) is 3.23. The van der Waals surface area contributed by atoms with Crippen molar-refractivity contribution in [3.05, 3.63) is 21.9 Å². The van der Waals surface area contributed by atoms with Crippen LogP contribution < -0.4 is 0 Å². The number of halogens is 4. The maximum absolute atomic E-state index is 13.0. The fourth-order valence-corrected chi connectivity index (χ4v) is 1.53. The van der Waals surface area contributed by atoms with E-state index in [1.165, 1.54) is 6.92 Å². The Bertz CT molecular complexity index is 424. The number of hydrogen-bond acceptors (Lipinski definition) is 4. The van der Waals surface area contributed by atoms with Crippen LogP contribution in [0.2, 0.25) is 0 Å². The van der Waals surface area contributed by atoms with E-state index < -0.39 is 29.3 Å². The third kappa shape index (κ3) is 5.46. The lowest BCUT2D eigenvalue weighted by atomic mass is 10.1. The minimum Gasteiger partial charge on any atom is -0.465 e. The third-order valence-corrected chi connectivity index (χ3v) is 2.84. The van der Waals surface area contributed by atoms with Crippen LogP contribution in [0.4, 0.5) is 13.2 Å². The maximum atomic E-state index is 13.0. The summed E-state index contributed by atoms with van der Waals surface area (Å²) in [5, 5.41) is 0. The summed E-state index contributed by atoms with van der Waals surface area (Å²) in [6, 6.07) is 0. The molecule has 4 nitrogen and oxygen atoms in total. The number of carbonyl (C=O) groups is 2. The largest absolute Gasteiger partial charge is 0.465 e. The topological polar surface area (TPSA) is 52.6 Å². The van der Waals surface area contributed by atoms with Gasteiger partial charge in [0.05, 0.1) is 12.7 Å². The molecule has 0 N–H and O–H groups in total. The van der Waals surface area contributed by atoms with E-state index in [1.54, 1.807) is 0 Å². The van der Waals surface area contributed by atoms with E-state index in [0.29, 0.717) is 6.26 Å². The third-order valence-electron chi connectivity index (χ3n) is 1.88. The minimum absolute atomic E-state index is 0.00322. The number of alkyl halides is 3. The van der Waals surface area contributed by atoms with Gasteiger partial charge in [0.15, 0.2) is 0 Å². The lowest BCUT2D eigenvalue weighted by Gasteiger charge is -2.15. The van der Waals surface area contributed by atoms with Crippen molar-refractivity contribution in [2.75, 3.05) is 7.11 Å². The first-order chi connectivity index (χ1) is 8.65. The van der Waals surface area contributed by atoms with Gasteiger partial charge in [-0.25, -0.2) is 4.79 Å². The fraction of sp³-hybridized carbons (Fsp3) is 0.455. The Balaban J connectivity index is 5.86. The molecule has 0 rings (SSSR count). The van der Waals surface area contributed by atoms with E-state index >= 15 is 0 Å². The van der Waals surface area contributed by atoms with Gasteiger partial charge < -0.3 is 9.47 Å². The number of methoxy groups -OCH3 is 1. The molecule has 0 atom stereocenters. The molecule has 0 radical (unpaired) electrons. The zero-order valence-corrected chi connectivity index (χ0v) is 12.0. The van der Waals surface area contributed by atoms with Crippen molar-refractivity contribution in [3.63, 3.8) is 0 Å². The van der Waals surface area contributed by atoms with Crippen LogP contribution in [0, 0.1) is 0 Å². The molecule has 108 valence electrons. The van der Waals surface area contributed by atoms with E-state index in [1.807, 2.05) is 0 Å². The molecule has 0 aromatic heterocycles. The van der Waals surface area contributed by atoms with Gasteiger partial charge in [-0.2, -0.15) is 13.2 Å². The van der Waals surface area contributed by atoms with Gasteiger partial charge in [-0.3, -0.25) is 4.79 Å². The summed E-state index contributed by atoms with van der Waals surface area (Å²) >= 11 is 2.75. The molecule has 0 aliphatic carbocycles. The van der Waals surface area contributed by atoms with Gasteiger partial charge in [0, 0.05) is 11.4 Å². The van der Waals surface area contributed by atoms with E-state index in [4.69, 9.17) is 0 Å². The molecule has 0 spiro atoms. The van der Waals surface area contributed by atoms with Gasteiger partial charge in [-0.1, -0.05) is 22.9 Å². The molecular formula is C11H12BrF3O4. The zero-order chi connectivity index (χ0) is 15.2. The molecule has 0 aliphatic heterocycles. The van der Waals surface area contributed by atoms with Crippen LogP contribution in [-0.2, 0) is 19.1 Å². The quantitative estimate of drug-likeness (QED) is 0.340. The van der Waals surface area contributed by atoms with Gasteiger partial charge in [-0.15, -0.1) is 0 Å². The van der Waals surface area contributed by atoms with Crippen LogP contribution >= 0.6 is 15.9 Å². The van der Waals surface area contributed by atoms with Crippen molar-refractivity contribution in [2.24, 2.45) is 0 Å². The highest BCUT2D eigenvalue weighted by Gasteiger charge is 2.41. The summed E-state index contributed by atoms with van der Waals surface area (Å²) in [7, 11) is 0.928. The average molecular weight is 345 g/mol. The Morgan fingerprint density at radius 3 is 2.16 bits per heavy atom. The summed E-state index contributed by atoms with van der Waals surface area (Å²) in [5.41, 5.74) is -2.11. The summed E-state index contributed by atoms with van der Waals surface area (Å²) < 4.78 is 47.2. The number of esters is 2. The second-order valence-electron chi connectivity index (χ2n) is 3.26. The van der Waals surface area contributed by atoms with Gasteiger partial charge in [0.2, 0.25) is 0 Å². The number of rotatable bonds is 4. The maximum Gasteiger partial charge on any atom is 0.418 e. The Morgan fingerprint density at radius 2 is 1.84 bits per heavy atom. The first-order valence-corrected chi connectivity index (χ1v) is 5.86. The molecule has 8 heteroatoms. The Morgan fingerprint density at radius 1 is 1.32 bits per heavy atom. The minimum atomic E-state index is -4.80. The molecule has 0 unspecified atom stereocenters. The average Bonchev–Trinajstić information content (AvgIpc) is 2.30. The SMILES string of the molecule is CC/C(Br)=C(\C(=C/OC(C)=O)C(=O)OC)C(F)(F)F. The van der Waals surface area contributed by atoms with Crippen LogP contribution in [0.1, 0.15) is 20.3 Å². The molecule has 0 saturated heterocycles. The smallest absolute Gasteiger partial charge is 0.418 e. The van der Waals surface area contributed by atoms with E-state index in [9.17, 15) is 22.8 Å². The fourth-order valence-electron chi connectivity index (χ4n) is 1.09. The van der Waals surface area contributed by atoms with Gasteiger partial charge in [0.1, 0.15) is 11.8 Å². The summed E-state index contributed by atoms with van der Waals surface area (Å²) in [4.78, 5) is 22.0. The number of allylic oxidation sites excluding steroid dienone is 1. The van der Waals surface area contributed by atoms with Crippen molar-refractivity contribution in [1.29, 1.82) is 0 Å². The Kier molecular flexibility index (Phi) is 6.82. The van der Waals surface area contributed by atoms with Crippen molar-refractivity contribution >= 4 is 27.9 Å². The summed E-state index contributed by atoms with van der Waals surface area (Å²) in [6.45, 7) is 2.47. The Labute approximate surface area is 116 Å². The van der Waals surface area contributed by atoms with Crippen molar-refractivity contribution in [1.82, 2.24) is 0 Å². The van der Waals surface area contributed by atoms with Crippen LogP contribution in [-0.4, -0.2) is 25.2 Å². The van der Waals surface area contributed by atoms with Crippen molar-refractivity contribution < 1.29 is 32.2 Å². The normalized spacial score (nSPS) is 13.7. The van der Waals surface area contributed by atoms with Crippen molar-refractivity contribution in [3.8, 4) is 0 Å². The highest BCUT2D eigenvalue weighted by Crippen LogP contribution is 2.37.